The van der Waals surface area contributed by atoms with Crippen molar-refractivity contribution >= 4 is 17.4 Å². The summed E-state index contributed by atoms with van der Waals surface area (Å²) in [7, 11) is 0. The number of aliphatic imine (C=N–C) groups is 2. The van der Waals surface area contributed by atoms with Gasteiger partial charge in [0.2, 0.25) is 0 Å². The van der Waals surface area contributed by atoms with Gasteiger partial charge < -0.3 is 15.4 Å². The fraction of sp³-hybridized carbons (Fsp3) is 0.370. The number of pyridine rings is 1. The van der Waals surface area contributed by atoms with Gasteiger partial charge in [0.05, 0.1) is 22.5 Å². The van der Waals surface area contributed by atoms with Crippen LogP contribution >= 0.6 is 0 Å². The van der Waals surface area contributed by atoms with E-state index in [4.69, 9.17) is 4.74 Å². The Balaban J connectivity index is 1.58. The van der Waals surface area contributed by atoms with E-state index in [1.807, 2.05) is 13.8 Å². The molecule has 0 saturated heterocycles. The normalized spacial score (nSPS) is 18.6. The molecule has 1 atom stereocenters. The molecule has 12 heteroatoms. The summed E-state index contributed by atoms with van der Waals surface area (Å²) in [6.07, 6.45) is -4.94. The molecule has 0 saturated carbocycles. The molecule has 0 radical (unpaired) electrons. The molecule has 0 amide bonds. The Bertz CT molecular complexity index is 1290. The molecule has 208 valence electrons. The Morgan fingerprint density at radius 2 is 1.74 bits per heavy atom. The summed E-state index contributed by atoms with van der Waals surface area (Å²) >= 11 is 0. The summed E-state index contributed by atoms with van der Waals surface area (Å²) < 4.78 is 84.9. The number of dihydropyridines is 1. The molecule has 4 rings (SSSR count). The Morgan fingerprint density at radius 3 is 2.41 bits per heavy atom. The van der Waals surface area contributed by atoms with Crippen LogP contribution in [0.3, 0.4) is 0 Å². The first-order valence-electron chi connectivity index (χ1n) is 12.2. The first-order valence-corrected chi connectivity index (χ1v) is 12.2. The van der Waals surface area contributed by atoms with Gasteiger partial charge in [-0.2, -0.15) is 26.3 Å². The van der Waals surface area contributed by atoms with Gasteiger partial charge in [-0.3, -0.25) is 9.98 Å². The van der Waals surface area contributed by atoms with Crippen LogP contribution < -0.4 is 10.6 Å². The molecule has 2 aliphatic heterocycles. The third-order valence-corrected chi connectivity index (χ3v) is 5.85. The summed E-state index contributed by atoms with van der Waals surface area (Å²) in [6, 6.07) is 7.07. The number of benzene rings is 1. The third-order valence-electron chi connectivity index (χ3n) is 5.85. The molecule has 0 fully saturated rings. The van der Waals surface area contributed by atoms with Gasteiger partial charge in [0.25, 0.3) is 0 Å². The van der Waals surface area contributed by atoms with Crippen molar-refractivity contribution in [1.82, 2.24) is 15.6 Å². The van der Waals surface area contributed by atoms with Crippen LogP contribution in [0.4, 0.5) is 26.3 Å². The van der Waals surface area contributed by atoms with Crippen LogP contribution in [0, 0.1) is 5.92 Å². The molecule has 2 aromatic rings. The van der Waals surface area contributed by atoms with E-state index in [-0.39, 0.29) is 30.5 Å². The average molecular weight is 552 g/mol. The highest BCUT2D eigenvalue weighted by Crippen LogP contribution is 2.34. The summed E-state index contributed by atoms with van der Waals surface area (Å²) in [5.74, 6) is 1.18. The fourth-order valence-electron chi connectivity index (χ4n) is 3.99. The molecule has 1 unspecified atom stereocenters. The second kappa shape index (κ2) is 11.6. The minimum absolute atomic E-state index is 0.137. The standard InChI is InChI=1S/C27H27F6N5O/c1-16(2)14-39-15-22-37-24(35-13-11-17-5-7-18(8-6-17)26(28,29)30)19-9-10-21(36-25(19)38-22)23-20(27(31,32)33)4-3-12-34-23/h3-10,12,16,25,36H,11,13-15H2,1-2H3,(H,35,37,38). The van der Waals surface area contributed by atoms with Gasteiger partial charge in [0.15, 0.2) is 0 Å². The number of nitrogens with one attached hydrogen (secondary N) is 2. The molecule has 2 N–H and O–H groups in total. The molecule has 0 spiro atoms. The smallest absolute Gasteiger partial charge is 0.373 e. The highest BCUT2D eigenvalue weighted by Gasteiger charge is 2.36. The number of rotatable bonds is 8. The van der Waals surface area contributed by atoms with Crippen LogP contribution in [0.15, 0.2) is 70.3 Å². The lowest BCUT2D eigenvalue weighted by molar-refractivity contribution is -0.138. The van der Waals surface area contributed by atoms with E-state index in [1.54, 1.807) is 6.08 Å². The van der Waals surface area contributed by atoms with Crippen molar-refractivity contribution in [3.63, 3.8) is 0 Å². The molecule has 1 aromatic carbocycles. The van der Waals surface area contributed by atoms with Crippen LogP contribution in [0.5, 0.6) is 0 Å². The number of aromatic nitrogens is 1. The van der Waals surface area contributed by atoms with E-state index < -0.39 is 29.6 Å². The molecule has 6 nitrogen and oxygen atoms in total. The van der Waals surface area contributed by atoms with E-state index in [0.717, 1.165) is 18.2 Å². The van der Waals surface area contributed by atoms with Gasteiger partial charge in [-0.25, -0.2) is 4.99 Å². The number of hydrogen-bond donors (Lipinski definition) is 2. The SMILES string of the molecule is CC(C)COCC1=NC2NC(c3ncccc3C(F)(F)F)=CC=C2C(=NCCc2ccc(C(F)(F)F)cc2)N1. The maximum Gasteiger partial charge on any atom is 0.418 e. The average Bonchev–Trinajstić information content (AvgIpc) is 2.87. The van der Waals surface area contributed by atoms with E-state index in [9.17, 15) is 26.3 Å². The number of ether oxygens (including phenoxy) is 1. The van der Waals surface area contributed by atoms with Gasteiger partial charge in [-0.1, -0.05) is 26.0 Å². The largest absolute Gasteiger partial charge is 0.418 e. The van der Waals surface area contributed by atoms with Crippen LogP contribution in [-0.4, -0.2) is 42.6 Å². The summed E-state index contributed by atoms with van der Waals surface area (Å²) in [5, 5.41) is 6.16. The molecule has 0 aliphatic carbocycles. The highest BCUT2D eigenvalue weighted by atomic mass is 19.4. The number of alkyl halides is 6. The van der Waals surface area contributed by atoms with Gasteiger partial charge in [0.1, 0.15) is 24.4 Å². The molecule has 3 heterocycles. The van der Waals surface area contributed by atoms with Crippen molar-refractivity contribution in [3.8, 4) is 0 Å². The minimum Gasteiger partial charge on any atom is -0.373 e. The molecule has 2 aliphatic rings. The second-order valence-corrected chi connectivity index (χ2v) is 9.43. The lowest BCUT2D eigenvalue weighted by Gasteiger charge is -2.31. The molecule has 0 bridgehead atoms. The van der Waals surface area contributed by atoms with E-state index in [0.29, 0.717) is 35.8 Å². The number of halogens is 6. The van der Waals surface area contributed by atoms with Gasteiger partial charge in [-0.15, -0.1) is 0 Å². The zero-order chi connectivity index (χ0) is 28.2. The molecule has 1 aromatic heterocycles. The van der Waals surface area contributed by atoms with E-state index in [2.05, 4.69) is 25.6 Å². The number of hydrogen-bond acceptors (Lipinski definition) is 5. The van der Waals surface area contributed by atoms with Crippen molar-refractivity contribution in [3.05, 3.63) is 82.7 Å². The number of nitrogens with zero attached hydrogens (tertiary/aromatic N) is 3. The number of amidine groups is 2. The minimum atomic E-state index is -4.59. The highest BCUT2D eigenvalue weighted by molar-refractivity contribution is 6.13. The molecular formula is C27H27F6N5O. The van der Waals surface area contributed by atoms with Crippen LogP contribution in [0.1, 0.15) is 36.2 Å². The lowest BCUT2D eigenvalue weighted by atomic mass is 10.0. The summed E-state index contributed by atoms with van der Waals surface area (Å²) in [4.78, 5) is 13.1. The Hall–Kier alpha value is -3.67. The predicted octanol–water partition coefficient (Wildman–Crippen LogP) is 5.63. The zero-order valence-electron chi connectivity index (χ0n) is 21.2. The molecule has 39 heavy (non-hydrogen) atoms. The zero-order valence-corrected chi connectivity index (χ0v) is 21.2. The van der Waals surface area contributed by atoms with Crippen LogP contribution in [0.25, 0.3) is 5.70 Å². The van der Waals surface area contributed by atoms with Crippen LogP contribution in [0.2, 0.25) is 0 Å². The van der Waals surface area contributed by atoms with Gasteiger partial charge >= 0.3 is 12.4 Å². The monoisotopic (exact) mass is 551 g/mol. The number of allylic oxidation sites excluding steroid dienone is 2. The van der Waals surface area contributed by atoms with Gasteiger partial charge in [-0.05, 0) is 54.3 Å². The Kier molecular flexibility index (Phi) is 8.43. The van der Waals surface area contributed by atoms with Crippen LogP contribution in [-0.2, 0) is 23.5 Å². The third kappa shape index (κ3) is 7.25. The van der Waals surface area contributed by atoms with Crippen molar-refractivity contribution < 1.29 is 31.1 Å². The van der Waals surface area contributed by atoms with Gasteiger partial charge in [0, 0.05) is 24.9 Å². The quantitative estimate of drug-likeness (QED) is 0.418. The first-order chi connectivity index (χ1) is 18.4. The van der Waals surface area contributed by atoms with Crippen molar-refractivity contribution in [2.75, 3.05) is 19.8 Å². The molecular weight excluding hydrogens is 524 g/mol. The number of fused-ring (bicyclic) bond motifs is 1. The fourth-order valence-corrected chi connectivity index (χ4v) is 3.99. The maximum absolute atomic E-state index is 13.6. The summed E-state index contributed by atoms with van der Waals surface area (Å²) in [5.41, 5.74) is -0.394. The predicted molar refractivity (Wildman–Crippen MR) is 136 cm³/mol. The second-order valence-electron chi connectivity index (χ2n) is 9.43. The summed E-state index contributed by atoms with van der Waals surface area (Å²) in [6.45, 7) is 4.87. The lowest BCUT2D eigenvalue weighted by Crippen LogP contribution is -2.48. The van der Waals surface area contributed by atoms with E-state index in [1.165, 1.54) is 30.5 Å². The van der Waals surface area contributed by atoms with Crippen molar-refractivity contribution in [2.45, 2.75) is 38.8 Å². The van der Waals surface area contributed by atoms with Crippen molar-refractivity contribution in [2.24, 2.45) is 15.9 Å². The van der Waals surface area contributed by atoms with Crippen molar-refractivity contribution in [1.29, 1.82) is 0 Å². The van der Waals surface area contributed by atoms with E-state index >= 15 is 0 Å². The Labute approximate surface area is 221 Å². The first kappa shape index (κ1) is 28.3. The topological polar surface area (TPSA) is 70.9 Å². The Morgan fingerprint density at radius 1 is 1.00 bits per heavy atom. The maximum atomic E-state index is 13.6.